The standard InChI is InChI=1S/C19H29NO/c1-6-7-9-14-17(19(3,4)5)18(21)20-15(2)16-12-10-8-11-13-16/h6,8,10-13,15,17H,1,7,9,14H2,2-5H3,(H,20,21)/t15-,17-/m1/s1. The Morgan fingerprint density at radius 3 is 2.43 bits per heavy atom. The van der Waals surface area contributed by atoms with Gasteiger partial charge in [0.15, 0.2) is 0 Å². The van der Waals surface area contributed by atoms with Crippen molar-refractivity contribution < 1.29 is 4.79 Å². The van der Waals surface area contributed by atoms with Crippen LogP contribution in [0.1, 0.15) is 58.6 Å². The molecule has 0 aliphatic carbocycles. The van der Waals surface area contributed by atoms with Gasteiger partial charge in [-0.25, -0.2) is 0 Å². The molecule has 1 N–H and O–H groups in total. The highest BCUT2D eigenvalue weighted by molar-refractivity contribution is 5.79. The molecule has 2 heteroatoms. The average molecular weight is 287 g/mol. The van der Waals surface area contributed by atoms with Gasteiger partial charge in [0.05, 0.1) is 6.04 Å². The van der Waals surface area contributed by atoms with E-state index in [1.54, 1.807) is 0 Å². The molecule has 0 saturated heterocycles. The van der Waals surface area contributed by atoms with E-state index in [0.29, 0.717) is 0 Å². The van der Waals surface area contributed by atoms with E-state index in [0.717, 1.165) is 24.8 Å². The summed E-state index contributed by atoms with van der Waals surface area (Å²) in [5, 5.41) is 3.16. The maximum absolute atomic E-state index is 12.6. The van der Waals surface area contributed by atoms with Crippen LogP contribution in [0.5, 0.6) is 0 Å². The predicted octanol–water partition coefficient (Wildman–Crippen LogP) is 4.88. The van der Waals surface area contributed by atoms with Crippen molar-refractivity contribution >= 4 is 5.91 Å². The van der Waals surface area contributed by atoms with Crippen molar-refractivity contribution in [1.29, 1.82) is 0 Å². The molecule has 2 atom stereocenters. The largest absolute Gasteiger partial charge is 0.349 e. The van der Waals surface area contributed by atoms with Crippen LogP contribution in [0, 0.1) is 11.3 Å². The number of carbonyl (C=O) groups excluding carboxylic acids is 1. The van der Waals surface area contributed by atoms with Crippen LogP contribution < -0.4 is 5.32 Å². The van der Waals surface area contributed by atoms with Crippen molar-refractivity contribution in [2.75, 3.05) is 0 Å². The molecule has 1 aromatic rings. The molecule has 0 aliphatic heterocycles. The lowest BCUT2D eigenvalue weighted by Crippen LogP contribution is -2.39. The van der Waals surface area contributed by atoms with E-state index in [2.05, 4.69) is 44.8 Å². The third-order valence-electron chi connectivity index (χ3n) is 3.92. The van der Waals surface area contributed by atoms with Gasteiger partial charge in [0, 0.05) is 5.92 Å². The Labute approximate surface area is 129 Å². The summed E-state index contributed by atoms with van der Waals surface area (Å²) in [4.78, 5) is 12.6. The van der Waals surface area contributed by atoms with Crippen molar-refractivity contribution in [1.82, 2.24) is 5.32 Å². The van der Waals surface area contributed by atoms with Crippen LogP contribution >= 0.6 is 0 Å². The number of rotatable bonds is 7. The zero-order valence-corrected chi connectivity index (χ0v) is 13.9. The fraction of sp³-hybridized carbons (Fsp3) is 0.526. The van der Waals surface area contributed by atoms with Gasteiger partial charge in [-0.2, -0.15) is 0 Å². The molecule has 0 unspecified atom stereocenters. The highest BCUT2D eigenvalue weighted by Crippen LogP contribution is 2.31. The van der Waals surface area contributed by atoms with E-state index in [-0.39, 0.29) is 23.3 Å². The van der Waals surface area contributed by atoms with Crippen molar-refractivity contribution in [2.24, 2.45) is 11.3 Å². The summed E-state index contributed by atoms with van der Waals surface area (Å²) in [6.45, 7) is 12.2. The lowest BCUT2D eigenvalue weighted by atomic mass is 9.77. The zero-order chi connectivity index (χ0) is 15.9. The van der Waals surface area contributed by atoms with Crippen LogP contribution in [0.4, 0.5) is 0 Å². The lowest BCUT2D eigenvalue weighted by molar-refractivity contribution is -0.129. The fourth-order valence-corrected chi connectivity index (χ4v) is 2.56. The van der Waals surface area contributed by atoms with Crippen molar-refractivity contribution in [2.45, 2.75) is 53.0 Å². The summed E-state index contributed by atoms with van der Waals surface area (Å²) < 4.78 is 0. The van der Waals surface area contributed by atoms with Crippen LogP contribution in [-0.2, 0) is 4.79 Å². The Bertz CT molecular complexity index is 444. The molecular weight excluding hydrogens is 258 g/mol. The number of benzene rings is 1. The Balaban J connectivity index is 2.70. The van der Waals surface area contributed by atoms with Gasteiger partial charge in [-0.3, -0.25) is 4.79 Å². The number of hydrogen-bond acceptors (Lipinski definition) is 1. The van der Waals surface area contributed by atoms with Gasteiger partial charge in [-0.15, -0.1) is 6.58 Å². The predicted molar refractivity (Wildman–Crippen MR) is 90.0 cm³/mol. The Hall–Kier alpha value is -1.57. The molecule has 0 saturated carbocycles. The Morgan fingerprint density at radius 1 is 1.29 bits per heavy atom. The van der Waals surface area contributed by atoms with Gasteiger partial charge < -0.3 is 5.32 Å². The normalized spacial score (nSPS) is 14.3. The number of carbonyl (C=O) groups is 1. The number of allylic oxidation sites excluding steroid dienone is 1. The SMILES string of the molecule is C=CCCC[C@H](C(=O)N[C@H](C)c1ccccc1)C(C)(C)C. The first-order chi connectivity index (χ1) is 9.86. The molecule has 2 nitrogen and oxygen atoms in total. The second-order valence-electron chi connectivity index (χ2n) is 6.78. The molecule has 116 valence electrons. The van der Waals surface area contributed by atoms with Gasteiger partial charge in [-0.1, -0.05) is 57.2 Å². The minimum Gasteiger partial charge on any atom is -0.349 e. The molecule has 0 aliphatic rings. The average Bonchev–Trinajstić information content (AvgIpc) is 2.43. The molecule has 0 aromatic heterocycles. The van der Waals surface area contributed by atoms with Gasteiger partial charge in [0.25, 0.3) is 0 Å². The van der Waals surface area contributed by atoms with E-state index in [4.69, 9.17) is 0 Å². The minimum atomic E-state index is -0.0261. The summed E-state index contributed by atoms with van der Waals surface area (Å²) >= 11 is 0. The Morgan fingerprint density at radius 2 is 1.90 bits per heavy atom. The number of unbranched alkanes of at least 4 members (excludes halogenated alkanes) is 1. The first kappa shape index (κ1) is 17.5. The van der Waals surface area contributed by atoms with Crippen LogP contribution in [0.3, 0.4) is 0 Å². The molecule has 0 fully saturated rings. The summed E-state index contributed by atoms with van der Waals surface area (Å²) in [6.07, 6.45) is 4.81. The van der Waals surface area contributed by atoms with Gasteiger partial charge in [-0.05, 0) is 37.2 Å². The van der Waals surface area contributed by atoms with E-state index in [1.165, 1.54) is 0 Å². The van der Waals surface area contributed by atoms with Gasteiger partial charge in [0.2, 0.25) is 5.91 Å². The summed E-state index contributed by atoms with van der Waals surface area (Å²) in [7, 11) is 0. The summed E-state index contributed by atoms with van der Waals surface area (Å²) in [5.74, 6) is 0.187. The quantitative estimate of drug-likeness (QED) is 0.562. The van der Waals surface area contributed by atoms with Crippen LogP contribution in [0.15, 0.2) is 43.0 Å². The second kappa shape index (κ2) is 8.02. The second-order valence-corrected chi connectivity index (χ2v) is 6.78. The smallest absolute Gasteiger partial charge is 0.224 e. The Kier molecular flexibility index (Phi) is 6.67. The molecule has 0 bridgehead atoms. The number of amides is 1. The molecule has 0 radical (unpaired) electrons. The highest BCUT2D eigenvalue weighted by atomic mass is 16.2. The number of hydrogen-bond donors (Lipinski definition) is 1. The molecule has 1 amide bonds. The summed E-state index contributed by atoms with van der Waals surface area (Å²) in [5.41, 5.74) is 1.12. The van der Waals surface area contributed by atoms with E-state index < -0.39 is 0 Å². The topological polar surface area (TPSA) is 29.1 Å². The minimum absolute atomic E-state index is 0.0261. The zero-order valence-electron chi connectivity index (χ0n) is 13.9. The first-order valence-corrected chi connectivity index (χ1v) is 7.82. The van der Waals surface area contributed by atoms with E-state index in [9.17, 15) is 4.79 Å². The molecular formula is C19H29NO. The maximum Gasteiger partial charge on any atom is 0.224 e. The molecule has 1 rings (SSSR count). The maximum atomic E-state index is 12.6. The third kappa shape index (κ3) is 5.74. The molecule has 21 heavy (non-hydrogen) atoms. The lowest BCUT2D eigenvalue weighted by Gasteiger charge is -2.31. The summed E-state index contributed by atoms with van der Waals surface area (Å²) in [6, 6.07) is 10.1. The fourth-order valence-electron chi connectivity index (χ4n) is 2.56. The third-order valence-corrected chi connectivity index (χ3v) is 3.92. The van der Waals surface area contributed by atoms with Gasteiger partial charge >= 0.3 is 0 Å². The molecule has 0 heterocycles. The van der Waals surface area contributed by atoms with Crippen LogP contribution in [0.2, 0.25) is 0 Å². The van der Waals surface area contributed by atoms with Crippen LogP contribution in [-0.4, -0.2) is 5.91 Å². The van der Waals surface area contributed by atoms with Crippen molar-refractivity contribution in [3.63, 3.8) is 0 Å². The van der Waals surface area contributed by atoms with Gasteiger partial charge in [0.1, 0.15) is 0 Å². The van der Waals surface area contributed by atoms with Crippen molar-refractivity contribution in [3.05, 3.63) is 48.6 Å². The van der Waals surface area contributed by atoms with E-state index >= 15 is 0 Å². The monoisotopic (exact) mass is 287 g/mol. The highest BCUT2D eigenvalue weighted by Gasteiger charge is 2.31. The number of nitrogens with one attached hydrogen (secondary N) is 1. The molecule has 0 spiro atoms. The van der Waals surface area contributed by atoms with Crippen molar-refractivity contribution in [3.8, 4) is 0 Å². The molecule has 1 aromatic carbocycles. The van der Waals surface area contributed by atoms with E-state index in [1.807, 2.05) is 31.2 Å². The first-order valence-electron chi connectivity index (χ1n) is 7.82. The van der Waals surface area contributed by atoms with Crippen LogP contribution in [0.25, 0.3) is 0 Å².